The monoisotopic (exact) mass is 385 g/mol. The van der Waals surface area contributed by atoms with E-state index in [-0.39, 0.29) is 16.7 Å². The number of hydrogen-bond acceptors (Lipinski definition) is 5. The Balaban J connectivity index is 1.81. The minimum Gasteiger partial charge on any atom is -0.322 e. The van der Waals surface area contributed by atoms with Gasteiger partial charge in [-0.15, -0.1) is 10.2 Å². The molecule has 1 amide bonds. The van der Waals surface area contributed by atoms with Crippen LogP contribution in [0.15, 0.2) is 65.7 Å². The number of anilines is 1. The molecule has 27 heavy (non-hydrogen) atoms. The quantitative estimate of drug-likeness (QED) is 0.728. The van der Waals surface area contributed by atoms with Crippen molar-refractivity contribution in [3.8, 4) is 11.3 Å². The summed E-state index contributed by atoms with van der Waals surface area (Å²) in [7, 11) is -3.41. The second kappa shape index (κ2) is 7.63. The first kappa shape index (κ1) is 18.7. The Morgan fingerprint density at radius 3 is 2.41 bits per heavy atom. The Labute approximate surface area is 156 Å². The van der Waals surface area contributed by atoms with Crippen LogP contribution < -0.4 is 5.32 Å². The van der Waals surface area contributed by atoms with Crippen LogP contribution in [0.3, 0.4) is 0 Å². The molecular formula is C19H16FN3O3S. The Hall–Kier alpha value is -3.13. The summed E-state index contributed by atoms with van der Waals surface area (Å²) >= 11 is 0. The van der Waals surface area contributed by atoms with Crippen LogP contribution in [0.1, 0.15) is 17.3 Å². The van der Waals surface area contributed by atoms with Crippen LogP contribution in [0, 0.1) is 5.82 Å². The average molecular weight is 385 g/mol. The number of halogens is 1. The maximum atomic E-state index is 13.0. The van der Waals surface area contributed by atoms with Gasteiger partial charge in [0.25, 0.3) is 5.91 Å². The highest BCUT2D eigenvalue weighted by molar-refractivity contribution is 7.91. The molecular weight excluding hydrogens is 369 g/mol. The fourth-order valence-corrected chi connectivity index (χ4v) is 3.08. The van der Waals surface area contributed by atoms with Crippen LogP contribution in [-0.2, 0) is 9.84 Å². The van der Waals surface area contributed by atoms with Crippen molar-refractivity contribution in [3.63, 3.8) is 0 Å². The van der Waals surface area contributed by atoms with Gasteiger partial charge >= 0.3 is 0 Å². The van der Waals surface area contributed by atoms with Gasteiger partial charge in [0.15, 0.2) is 14.9 Å². The molecule has 1 aromatic heterocycles. The third-order valence-electron chi connectivity index (χ3n) is 3.86. The molecule has 0 fully saturated rings. The lowest BCUT2D eigenvalue weighted by atomic mass is 10.1. The molecule has 0 saturated carbocycles. The first-order valence-electron chi connectivity index (χ1n) is 8.13. The largest absolute Gasteiger partial charge is 0.322 e. The van der Waals surface area contributed by atoms with Crippen molar-refractivity contribution in [3.05, 3.63) is 72.0 Å². The van der Waals surface area contributed by atoms with Crippen LogP contribution >= 0.6 is 0 Å². The maximum Gasteiger partial charge on any atom is 0.255 e. The molecule has 0 radical (unpaired) electrons. The summed E-state index contributed by atoms with van der Waals surface area (Å²) in [6, 6.07) is 15.1. The van der Waals surface area contributed by atoms with E-state index >= 15 is 0 Å². The normalized spacial score (nSPS) is 11.2. The Morgan fingerprint density at radius 1 is 1.04 bits per heavy atom. The van der Waals surface area contributed by atoms with E-state index in [9.17, 15) is 17.6 Å². The number of amides is 1. The van der Waals surface area contributed by atoms with Crippen molar-refractivity contribution in [2.75, 3.05) is 11.1 Å². The first-order valence-corrected chi connectivity index (χ1v) is 9.78. The van der Waals surface area contributed by atoms with E-state index in [1.54, 1.807) is 30.3 Å². The number of nitrogens with one attached hydrogen (secondary N) is 1. The molecule has 1 heterocycles. The Morgan fingerprint density at radius 2 is 1.78 bits per heavy atom. The highest BCUT2D eigenvalue weighted by atomic mass is 32.2. The number of benzene rings is 2. The summed E-state index contributed by atoms with van der Waals surface area (Å²) in [6.45, 7) is 1.54. The highest BCUT2D eigenvalue weighted by Crippen LogP contribution is 2.22. The summed E-state index contributed by atoms with van der Waals surface area (Å²) in [5.74, 6) is -0.838. The van der Waals surface area contributed by atoms with E-state index < -0.39 is 15.7 Å². The van der Waals surface area contributed by atoms with E-state index in [1.165, 1.54) is 37.3 Å². The van der Waals surface area contributed by atoms with Gasteiger partial charge in [-0.25, -0.2) is 12.8 Å². The van der Waals surface area contributed by atoms with Crippen LogP contribution in [0.2, 0.25) is 0 Å². The number of sulfone groups is 1. The summed E-state index contributed by atoms with van der Waals surface area (Å²) < 4.78 is 36.6. The van der Waals surface area contributed by atoms with Crippen molar-refractivity contribution in [2.24, 2.45) is 0 Å². The SMILES string of the molecule is CCS(=O)(=O)c1ccc(-c2cccc(NC(=O)c3ccc(F)cc3)c2)nn1. The molecule has 0 spiro atoms. The van der Waals surface area contributed by atoms with E-state index in [2.05, 4.69) is 15.5 Å². The van der Waals surface area contributed by atoms with Gasteiger partial charge in [0.2, 0.25) is 0 Å². The van der Waals surface area contributed by atoms with Gasteiger partial charge in [-0.05, 0) is 48.5 Å². The summed E-state index contributed by atoms with van der Waals surface area (Å²) in [4.78, 5) is 12.2. The number of nitrogens with zero attached hydrogens (tertiary/aromatic N) is 2. The van der Waals surface area contributed by atoms with Crippen LogP contribution in [0.4, 0.5) is 10.1 Å². The van der Waals surface area contributed by atoms with Gasteiger partial charge in [0.05, 0.1) is 11.4 Å². The molecule has 8 heteroatoms. The standard InChI is InChI=1S/C19H16FN3O3S/c1-2-27(25,26)18-11-10-17(22-23-18)14-4-3-5-16(12-14)21-19(24)13-6-8-15(20)9-7-13/h3-12H,2H2,1H3,(H,21,24). The molecule has 0 bridgehead atoms. The zero-order chi connectivity index (χ0) is 19.4. The summed E-state index contributed by atoms with van der Waals surface area (Å²) in [5, 5.41) is 10.4. The number of carbonyl (C=O) groups is 1. The second-order valence-corrected chi connectivity index (χ2v) is 7.93. The second-order valence-electron chi connectivity index (χ2n) is 5.70. The van der Waals surface area contributed by atoms with Gasteiger partial charge in [-0.3, -0.25) is 4.79 Å². The minimum atomic E-state index is -3.41. The molecule has 2 aromatic carbocycles. The molecule has 6 nitrogen and oxygen atoms in total. The molecule has 0 saturated heterocycles. The Bertz CT molecular complexity index is 1070. The first-order chi connectivity index (χ1) is 12.9. The fraction of sp³-hybridized carbons (Fsp3) is 0.105. The zero-order valence-corrected chi connectivity index (χ0v) is 15.2. The smallest absolute Gasteiger partial charge is 0.255 e. The topological polar surface area (TPSA) is 89.0 Å². The third kappa shape index (κ3) is 4.35. The van der Waals surface area contributed by atoms with E-state index in [4.69, 9.17) is 0 Å². The number of aromatic nitrogens is 2. The third-order valence-corrected chi connectivity index (χ3v) is 5.48. The lowest BCUT2D eigenvalue weighted by molar-refractivity contribution is 0.102. The molecule has 3 aromatic rings. The predicted molar refractivity (Wildman–Crippen MR) is 99.5 cm³/mol. The van der Waals surface area contributed by atoms with Crippen molar-refractivity contribution in [1.82, 2.24) is 10.2 Å². The van der Waals surface area contributed by atoms with Gasteiger partial charge < -0.3 is 5.32 Å². The zero-order valence-electron chi connectivity index (χ0n) is 14.4. The average Bonchev–Trinajstić information content (AvgIpc) is 2.69. The highest BCUT2D eigenvalue weighted by Gasteiger charge is 2.14. The molecule has 0 aliphatic carbocycles. The number of hydrogen-bond donors (Lipinski definition) is 1. The van der Waals surface area contributed by atoms with Crippen molar-refractivity contribution in [1.29, 1.82) is 0 Å². The van der Waals surface area contributed by atoms with E-state index in [0.29, 0.717) is 22.5 Å². The molecule has 3 rings (SSSR count). The molecule has 0 unspecified atom stereocenters. The van der Waals surface area contributed by atoms with Crippen molar-refractivity contribution >= 4 is 21.4 Å². The molecule has 1 N–H and O–H groups in total. The lowest BCUT2D eigenvalue weighted by Gasteiger charge is -2.08. The number of carbonyl (C=O) groups excluding carboxylic acids is 1. The predicted octanol–water partition coefficient (Wildman–Crippen LogP) is 3.33. The van der Waals surface area contributed by atoms with Crippen molar-refractivity contribution in [2.45, 2.75) is 11.9 Å². The van der Waals surface area contributed by atoms with Gasteiger partial charge in [0.1, 0.15) is 5.82 Å². The molecule has 0 aliphatic heterocycles. The maximum absolute atomic E-state index is 13.0. The van der Waals surface area contributed by atoms with Gasteiger partial charge in [-0.1, -0.05) is 19.1 Å². The summed E-state index contributed by atoms with van der Waals surface area (Å²) in [5.41, 5.74) is 1.99. The minimum absolute atomic E-state index is 0.0497. The lowest BCUT2D eigenvalue weighted by Crippen LogP contribution is -2.11. The van der Waals surface area contributed by atoms with Gasteiger partial charge in [-0.2, -0.15) is 0 Å². The number of rotatable bonds is 5. The summed E-state index contributed by atoms with van der Waals surface area (Å²) in [6.07, 6.45) is 0. The van der Waals surface area contributed by atoms with E-state index in [1.807, 2.05) is 0 Å². The van der Waals surface area contributed by atoms with Crippen LogP contribution in [0.5, 0.6) is 0 Å². The molecule has 0 atom stereocenters. The van der Waals surface area contributed by atoms with Crippen LogP contribution in [0.25, 0.3) is 11.3 Å². The Kier molecular flexibility index (Phi) is 5.27. The fourth-order valence-electron chi connectivity index (χ4n) is 2.35. The van der Waals surface area contributed by atoms with Gasteiger partial charge in [0, 0.05) is 16.8 Å². The van der Waals surface area contributed by atoms with Crippen LogP contribution in [-0.4, -0.2) is 30.3 Å². The molecule has 138 valence electrons. The molecule has 0 aliphatic rings. The van der Waals surface area contributed by atoms with E-state index in [0.717, 1.165) is 0 Å². The van der Waals surface area contributed by atoms with Crippen molar-refractivity contribution < 1.29 is 17.6 Å².